The van der Waals surface area contributed by atoms with Crippen LogP contribution in [0.3, 0.4) is 0 Å². The maximum atomic E-state index is 10.7. The normalized spacial score (nSPS) is 10.2. The highest BCUT2D eigenvalue weighted by Gasteiger charge is 2.02. The van der Waals surface area contributed by atoms with Crippen LogP contribution in [0, 0.1) is 5.41 Å². The number of nitrogens with two attached hydrogens (primary N) is 1. The summed E-state index contributed by atoms with van der Waals surface area (Å²) in [6.45, 7) is 3.70. The fourth-order valence-electron chi connectivity index (χ4n) is 0.952. The van der Waals surface area contributed by atoms with Crippen molar-refractivity contribution >= 4 is 34.6 Å². The molecule has 0 bridgehead atoms. The van der Waals surface area contributed by atoms with Crippen molar-refractivity contribution in [3.63, 3.8) is 0 Å². The molecule has 14 heavy (non-hydrogen) atoms. The van der Waals surface area contributed by atoms with Crippen LogP contribution < -0.4 is 11.1 Å². The zero-order chi connectivity index (χ0) is 11.0. The van der Waals surface area contributed by atoms with Gasteiger partial charge in [-0.2, -0.15) is 0 Å². The van der Waals surface area contributed by atoms with Crippen LogP contribution in [-0.2, 0) is 4.79 Å². The molecule has 82 valence electrons. The molecule has 0 unspecified atom stereocenters. The van der Waals surface area contributed by atoms with Crippen molar-refractivity contribution in [3.8, 4) is 0 Å². The van der Waals surface area contributed by atoms with Gasteiger partial charge in [0.2, 0.25) is 0 Å². The summed E-state index contributed by atoms with van der Waals surface area (Å²) in [6.07, 6.45) is 1.95. The maximum Gasteiger partial charge on any atom is 0.185 e. The van der Waals surface area contributed by atoms with Crippen LogP contribution >= 0.6 is 22.9 Å². The van der Waals surface area contributed by atoms with Crippen LogP contribution in [0.15, 0.2) is 0 Å². The Bertz CT molecular complexity index is 198. The number of rotatable bonds is 7. The third kappa shape index (κ3) is 9.72. The second-order valence-electron chi connectivity index (χ2n) is 3.09. The molecule has 0 radical (unpaired) electrons. The predicted molar refractivity (Wildman–Crippen MR) is 65.4 cm³/mol. The number of guanidine groups is 1. The van der Waals surface area contributed by atoms with Crippen LogP contribution in [0.4, 0.5) is 0 Å². The molecule has 4 N–H and O–H groups in total. The van der Waals surface area contributed by atoms with Gasteiger partial charge in [-0.25, -0.2) is 3.11 Å². The first-order chi connectivity index (χ1) is 6.52. The molecule has 0 aromatic carbocycles. The van der Waals surface area contributed by atoms with E-state index in [1.165, 1.54) is 0 Å². The first kappa shape index (κ1) is 13.6. The molecule has 0 saturated heterocycles. The third-order valence-electron chi connectivity index (χ3n) is 1.54. The number of Topliss-reactive ketones (excluding diaryl/α,β-unsaturated/α-hetero) is 1. The van der Waals surface area contributed by atoms with Gasteiger partial charge in [-0.1, -0.05) is 0 Å². The second kappa shape index (κ2) is 7.98. The van der Waals surface area contributed by atoms with Crippen molar-refractivity contribution in [2.45, 2.75) is 19.8 Å². The fraction of sp³-hybridized carbons (Fsp3) is 0.750. The quantitative estimate of drug-likeness (QED) is 0.210. The lowest BCUT2D eigenvalue weighted by Crippen LogP contribution is -2.31. The summed E-state index contributed by atoms with van der Waals surface area (Å²) < 4.78 is 1.97. The topological polar surface area (TPSA) is 82.2 Å². The number of hydrogen-bond acceptors (Lipinski definition) is 3. The van der Waals surface area contributed by atoms with Gasteiger partial charge in [0.1, 0.15) is 5.78 Å². The SMILES string of the molecule is CC(=O)CN(I)CCCCNC(=N)N. The zero-order valence-electron chi connectivity index (χ0n) is 8.35. The van der Waals surface area contributed by atoms with E-state index < -0.39 is 0 Å². The van der Waals surface area contributed by atoms with Crippen molar-refractivity contribution in [3.05, 3.63) is 0 Å². The summed E-state index contributed by atoms with van der Waals surface area (Å²) in [5.74, 6) is 0.196. The minimum absolute atomic E-state index is 0.0139. The molecule has 0 aromatic heterocycles. The molecule has 0 saturated carbocycles. The lowest BCUT2D eigenvalue weighted by atomic mass is 10.3. The standard InChI is InChI=1S/C8H17IN4O/c1-7(14)6-13(9)5-3-2-4-12-8(10)11/h2-6H2,1H3,(H4,10,11,12). The lowest BCUT2D eigenvalue weighted by Gasteiger charge is -2.11. The van der Waals surface area contributed by atoms with Gasteiger partial charge in [-0.3, -0.25) is 10.2 Å². The highest BCUT2D eigenvalue weighted by Crippen LogP contribution is 2.01. The van der Waals surface area contributed by atoms with Gasteiger partial charge in [0.05, 0.1) is 6.54 Å². The van der Waals surface area contributed by atoms with Crippen LogP contribution in [0.2, 0.25) is 0 Å². The summed E-state index contributed by atoms with van der Waals surface area (Å²) in [5.41, 5.74) is 5.12. The minimum Gasteiger partial charge on any atom is -0.370 e. The maximum absolute atomic E-state index is 10.7. The zero-order valence-corrected chi connectivity index (χ0v) is 10.5. The first-order valence-corrected chi connectivity index (χ1v) is 5.47. The lowest BCUT2D eigenvalue weighted by molar-refractivity contribution is -0.116. The molecular weight excluding hydrogens is 295 g/mol. The minimum atomic E-state index is 0.0139. The average Bonchev–Trinajstić information content (AvgIpc) is 2.01. The van der Waals surface area contributed by atoms with E-state index in [0.717, 1.165) is 25.9 Å². The van der Waals surface area contributed by atoms with Gasteiger partial charge in [-0.05, 0) is 19.8 Å². The summed E-state index contributed by atoms with van der Waals surface area (Å²) >= 11 is 2.15. The van der Waals surface area contributed by atoms with Crippen LogP contribution in [-0.4, -0.2) is 34.5 Å². The van der Waals surface area contributed by atoms with Crippen molar-refractivity contribution in [2.75, 3.05) is 19.6 Å². The highest BCUT2D eigenvalue weighted by atomic mass is 127. The van der Waals surface area contributed by atoms with Crippen molar-refractivity contribution in [1.82, 2.24) is 8.43 Å². The van der Waals surface area contributed by atoms with Gasteiger partial charge in [0.15, 0.2) is 5.96 Å². The van der Waals surface area contributed by atoms with E-state index in [2.05, 4.69) is 28.2 Å². The monoisotopic (exact) mass is 312 g/mol. The van der Waals surface area contributed by atoms with E-state index in [4.69, 9.17) is 11.1 Å². The third-order valence-corrected chi connectivity index (χ3v) is 2.36. The van der Waals surface area contributed by atoms with Gasteiger partial charge >= 0.3 is 0 Å². The van der Waals surface area contributed by atoms with Gasteiger partial charge in [-0.15, -0.1) is 0 Å². The molecule has 0 atom stereocenters. The number of unbranched alkanes of at least 4 members (excludes halogenated alkanes) is 1. The van der Waals surface area contributed by atoms with E-state index >= 15 is 0 Å². The molecular formula is C8H17IN4O. The Morgan fingerprint density at radius 3 is 2.71 bits per heavy atom. The van der Waals surface area contributed by atoms with E-state index in [0.29, 0.717) is 6.54 Å². The van der Waals surface area contributed by atoms with Crippen LogP contribution in [0.1, 0.15) is 19.8 Å². The molecule has 6 heteroatoms. The van der Waals surface area contributed by atoms with Gasteiger partial charge < -0.3 is 11.1 Å². The summed E-state index contributed by atoms with van der Waals surface area (Å²) in [6, 6.07) is 0. The Balaban J connectivity index is 3.27. The van der Waals surface area contributed by atoms with E-state index in [1.807, 2.05) is 3.11 Å². The Morgan fingerprint density at radius 1 is 1.57 bits per heavy atom. The number of halogens is 1. The first-order valence-electron chi connectivity index (χ1n) is 4.50. The van der Waals surface area contributed by atoms with Gasteiger partial charge in [0, 0.05) is 36.0 Å². The molecule has 0 amide bonds. The Hall–Kier alpha value is -0.370. The molecule has 0 fully saturated rings. The summed E-state index contributed by atoms with van der Waals surface area (Å²) in [5, 5.41) is 9.65. The average molecular weight is 312 g/mol. The smallest absolute Gasteiger partial charge is 0.185 e. The molecule has 0 aromatic rings. The Labute approximate surface area is 98.4 Å². The molecule has 0 aliphatic carbocycles. The number of carbonyl (C=O) groups excluding carboxylic acids is 1. The second-order valence-corrected chi connectivity index (χ2v) is 4.46. The van der Waals surface area contributed by atoms with E-state index in [-0.39, 0.29) is 11.7 Å². The largest absolute Gasteiger partial charge is 0.370 e. The molecule has 0 spiro atoms. The van der Waals surface area contributed by atoms with Crippen molar-refractivity contribution in [2.24, 2.45) is 5.73 Å². The fourth-order valence-corrected chi connectivity index (χ4v) is 1.77. The predicted octanol–water partition coefficient (Wildman–Crippen LogP) is 0.491. The number of nitrogens with one attached hydrogen (secondary N) is 2. The van der Waals surface area contributed by atoms with Crippen molar-refractivity contribution < 1.29 is 4.79 Å². The number of hydrogen-bond donors (Lipinski definition) is 3. The highest BCUT2D eigenvalue weighted by molar-refractivity contribution is 14.1. The number of carbonyl (C=O) groups is 1. The molecule has 0 heterocycles. The molecule has 0 rings (SSSR count). The van der Waals surface area contributed by atoms with Crippen LogP contribution in [0.5, 0.6) is 0 Å². The Kier molecular flexibility index (Phi) is 7.77. The van der Waals surface area contributed by atoms with Crippen LogP contribution in [0.25, 0.3) is 0 Å². The molecule has 0 aliphatic rings. The number of ketones is 1. The summed E-state index contributed by atoms with van der Waals surface area (Å²) in [4.78, 5) is 10.7. The van der Waals surface area contributed by atoms with Gasteiger partial charge in [0.25, 0.3) is 0 Å². The Morgan fingerprint density at radius 2 is 2.21 bits per heavy atom. The molecule has 5 nitrogen and oxygen atoms in total. The van der Waals surface area contributed by atoms with E-state index in [1.54, 1.807) is 6.92 Å². The van der Waals surface area contributed by atoms with E-state index in [9.17, 15) is 4.79 Å². The summed E-state index contributed by atoms with van der Waals surface area (Å²) in [7, 11) is 0. The number of nitrogens with zero attached hydrogens (tertiary/aromatic N) is 1. The molecule has 0 aliphatic heterocycles. The van der Waals surface area contributed by atoms with Crippen molar-refractivity contribution in [1.29, 1.82) is 5.41 Å².